The summed E-state index contributed by atoms with van der Waals surface area (Å²) in [5, 5.41) is 0. The molecule has 0 saturated heterocycles. The van der Waals surface area contributed by atoms with Crippen molar-refractivity contribution < 1.29 is 17.9 Å². The van der Waals surface area contributed by atoms with Crippen molar-refractivity contribution >= 4 is 21.4 Å². The van der Waals surface area contributed by atoms with Crippen LogP contribution in [0.4, 0.5) is 5.69 Å². The van der Waals surface area contributed by atoms with Gasteiger partial charge in [-0.25, -0.2) is 8.42 Å². The number of hydrogen-bond acceptors (Lipinski definition) is 5. The molecule has 0 aliphatic rings. The fourth-order valence-electron chi connectivity index (χ4n) is 1.50. The van der Waals surface area contributed by atoms with Gasteiger partial charge in [-0.1, -0.05) is 0 Å². The van der Waals surface area contributed by atoms with Crippen LogP contribution in [0.2, 0.25) is 0 Å². The molecule has 0 fully saturated rings. The molecule has 0 radical (unpaired) electrons. The highest BCUT2D eigenvalue weighted by atomic mass is 32.2. The highest BCUT2D eigenvalue weighted by Crippen LogP contribution is 2.22. The lowest BCUT2D eigenvalue weighted by molar-refractivity contribution is 0.0800. The Balaban J connectivity index is 2.90. The van der Waals surface area contributed by atoms with E-state index in [9.17, 15) is 13.2 Å². The van der Waals surface area contributed by atoms with Gasteiger partial charge in [-0.15, -0.1) is 0 Å². The number of nitrogens with zero attached hydrogens (tertiary/aromatic N) is 1. The van der Waals surface area contributed by atoms with Crippen molar-refractivity contribution in [3.8, 4) is 5.75 Å². The van der Waals surface area contributed by atoms with E-state index < -0.39 is 9.84 Å². The average molecular weight is 286 g/mol. The predicted molar refractivity (Wildman–Crippen MR) is 74.1 cm³/mol. The highest BCUT2D eigenvalue weighted by Gasteiger charge is 2.18. The van der Waals surface area contributed by atoms with Crippen molar-refractivity contribution in [2.75, 3.05) is 38.4 Å². The van der Waals surface area contributed by atoms with Crippen LogP contribution in [0.1, 0.15) is 10.4 Å². The van der Waals surface area contributed by atoms with Gasteiger partial charge in [0.2, 0.25) is 0 Å². The Morgan fingerprint density at radius 3 is 2.58 bits per heavy atom. The van der Waals surface area contributed by atoms with E-state index in [0.29, 0.717) is 17.0 Å². The quantitative estimate of drug-likeness (QED) is 0.791. The van der Waals surface area contributed by atoms with E-state index in [1.165, 1.54) is 25.1 Å². The second kappa shape index (κ2) is 5.92. The van der Waals surface area contributed by atoms with E-state index in [1.54, 1.807) is 12.1 Å². The summed E-state index contributed by atoms with van der Waals surface area (Å²) in [7, 11) is -0.114. The van der Waals surface area contributed by atoms with Crippen molar-refractivity contribution in [3.05, 3.63) is 23.8 Å². The van der Waals surface area contributed by atoms with Gasteiger partial charge in [0.05, 0.1) is 18.4 Å². The van der Waals surface area contributed by atoms with Gasteiger partial charge in [0.15, 0.2) is 0 Å². The standard InChI is InChI=1S/C12H18N2O4S/c1-14(6-7-19(3,16)17)12(15)10-8-9(13)4-5-11(10)18-2/h4-5,8H,6-7,13H2,1-3H3. The van der Waals surface area contributed by atoms with Crippen molar-refractivity contribution in [1.29, 1.82) is 0 Å². The van der Waals surface area contributed by atoms with Gasteiger partial charge in [-0.05, 0) is 18.2 Å². The first-order valence-electron chi connectivity index (χ1n) is 5.61. The van der Waals surface area contributed by atoms with Gasteiger partial charge in [0.1, 0.15) is 15.6 Å². The van der Waals surface area contributed by atoms with Crippen LogP contribution in [0.5, 0.6) is 5.75 Å². The molecule has 106 valence electrons. The third-order valence-corrected chi connectivity index (χ3v) is 3.52. The van der Waals surface area contributed by atoms with E-state index in [-0.39, 0.29) is 18.2 Å². The Labute approximate surface area is 113 Å². The molecule has 7 heteroatoms. The summed E-state index contributed by atoms with van der Waals surface area (Å²) >= 11 is 0. The molecule has 0 bridgehead atoms. The molecule has 0 saturated carbocycles. The zero-order valence-corrected chi connectivity index (χ0v) is 12.0. The minimum Gasteiger partial charge on any atom is -0.496 e. The number of carbonyl (C=O) groups excluding carboxylic acids is 1. The van der Waals surface area contributed by atoms with Crippen molar-refractivity contribution in [1.82, 2.24) is 4.90 Å². The van der Waals surface area contributed by atoms with Crippen LogP contribution in [0.15, 0.2) is 18.2 Å². The Hall–Kier alpha value is -1.76. The van der Waals surface area contributed by atoms with E-state index in [2.05, 4.69) is 0 Å². The second-order valence-electron chi connectivity index (χ2n) is 4.32. The molecule has 6 nitrogen and oxygen atoms in total. The highest BCUT2D eigenvalue weighted by molar-refractivity contribution is 7.90. The van der Waals surface area contributed by atoms with Crippen LogP contribution in [-0.2, 0) is 9.84 Å². The summed E-state index contributed by atoms with van der Waals surface area (Å²) in [4.78, 5) is 13.5. The molecule has 1 rings (SSSR count). The molecule has 0 aliphatic heterocycles. The Morgan fingerprint density at radius 2 is 2.05 bits per heavy atom. The van der Waals surface area contributed by atoms with Crippen LogP contribution in [0.3, 0.4) is 0 Å². The number of carbonyl (C=O) groups is 1. The van der Waals surface area contributed by atoms with Crippen molar-refractivity contribution in [2.45, 2.75) is 0 Å². The molecule has 0 aliphatic carbocycles. The van der Waals surface area contributed by atoms with Crippen molar-refractivity contribution in [3.63, 3.8) is 0 Å². The molecule has 0 unspecified atom stereocenters. The number of benzene rings is 1. The number of amides is 1. The number of hydrogen-bond donors (Lipinski definition) is 1. The Kier molecular flexibility index (Phi) is 4.77. The molecule has 2 N–H and O–H groups in total. The lowest BCUT2D eigenvalue weighted by Gasteiger charge is -2.18. The molecule has 19 heavy (non-hydrogen) atoms. The lowest BCUT2D eigenvalue weighted by Crippen LogP contribution is -2.31. The maximum atomic E-state index is 12.2. The van der Waals surface area contributed by atoms with E-state index >= 15 is 0 Å². The fraction of sp³-hybridized carbons (Fsp3) is 0.417. The summed E-state index contributed by atoms with van der Waals surface area (Å²) in [5.41, 5.74) is 6.40. The first-order valence-corrected chi connectivity index (χ1v) is 7.67. The SMILES string of the molecule is COc1ccc(N)cc1C(=O)N(C)CCS(C)(=O)=O. The Morgan fingerprint density at radius 1 is 1.42 bits per heavy atom. The first kappa shape index (κ1) is 15.3. The van der Waals surface area contributed by atoms with E-state index in [4.69, 9.17) is 10.5 Å². The van der Waals surface area contributed by atoms with Crippen LogP contribution in [-0.4, -0.2) is 51.9 Å². The minimum absolute atomic E-state index is 0.0835. The molecule has 1 aromatic rings. The van der Waals surface area contributed by atoms with Crippen LogP contribution < -0.4 is 10.5 Å². The molecule has 1 amide bonds. The fourth-order valence-corrected chi connectivity index (χ4v) is 2.11. The third kappa shape index (κ3) is 4.44. The first-order chi connectivity index (χ1) is 8.74. The number of methoxy groups -OCH3 is 1. The van der Waals surface area contributed by atoms with Crippen LogP contribution in [0.25, 0.3) is 0 Å². The number of anilines is 1. The molecule has 0 heterocycles. The minimum atomic E-state index is -3.11. The lowest BCUT2D eigenvalue weighted by atomic mass is 10.1. The molecular formula is C12H18N2O4S. The number of nitrogens with two attached hydrogens (primary N) is 1. The topological polar surface area (TPSA) is 89.7 Å². The van der Waals surface area contributed by atoms with Gasteiger partial charge in [0, 0.05) is 25.5 Å². The number of sulfone groups is 1. The maximum Gasteiger partial charge on any atom is 0.257 e. The van der Waals surface area contributed by atoms with E-state index in [1.807, 2.05) is 0 Å². The maximum absolute atomic E-state index is 12.2. The smallest absolute Gasteiger partial charge is 0.257 e. The zero-order chi connectivity index (χ0) is 14.6. The third-order valence-electron chi connectivity index (χ3n) is 2.60. The second-order valence-corrected chi connectivity index (χ2v) is 6.58. The van der Waals surface area contributed by atoms with Crippen LogP contribution >= 0.6 is 0 Å². The normalized spacial score (nSPS) is 11.1. The van der Waals surface area contributed by atoms with Gasteiger partial charge in [-0.3, -0.25) is 4.79 Å². The summed E-state index contributed by atoms with van der Waals surface area (Å²) in [6.07, 6.45) is 1.13. The molecule has 0 atom stereocenters. The van der Waals surface area contributed by atoms with Gasteiger partial charge >= 0.3 is 0 Å². The number of ether oxygens (including phenoxy) is 1. The van der Waals surface area contributed by atoms with E-state index in [0.717, 1.165) is 6.26 Å². The molecular weight excluding hydrogens is 268 g/mol. The largest absolute Gasteiger partial charge is 0.496 e. The summed E-state index contributed by atoms with van der Waals surface area (Å²) in [6.45, 7) is 0.121. The predicted octanol–water partition coefficient (Wildman–Crippen LogP) is 0.394. The van der Waals surface area contributed by atoms with Gasteiger partial charge in [-0.2, -0.15) is 0 Å². The van der Waals surface area contributed by atoms with Gasteiger partial charge in [0.25, 0.3) is 5.91 Å². The average Bonchev–Trinajstić information content (AvgIpc) is 2.34. The monoisotopic (exact) mass is 286 g/mol. The summed E-state index contributed by atoms with van der Waals surface area (Å²) in [6, 6.07) is 4.75. The molecule has 1 aromatic carbocycles. The number of rotatable bonds is 5. The Bertz CT molecular complexity index is 569. The summed E-state index contributed by atoms with van der Waals surface area (Å²) < 4.78 is 27.3. The molecule has 0 spiro atoms. The number of nitrogen functional groups attached to an aromatic ring is 1. The van der Waals surface area contributed by atoms with Gasteiger partial charge < -0.3 is 15.4 Å². The zero-order valence-electron chi connectivity index (χ0n) is 11.2. The van der Waals surface area contributed by atoms with Crippen LogP contribution in [0, 0.1) is 0 Å². The van der Waals surface area contributed by atoms with Crippen molar-refractivity contribution in [2.24, 2.45) is 0 Å². The molecule has 0 aromatic heterocycles. The summed E-state index contributed by atoms with van der Waals surface area (Å²) in [5.74, 6) is -0.00179.